The van der Waals surface area contributed by atoms with E-state index in [1.165, 1.54) is 49.8 Å². The van der Waals surface area contributed by atoms with Crippen LogP contribution in [-0.4, -0.2) is 55.1 Å². The second kappa shape index (κ2) is 7.37. The van der Waals surface area contributed by atoms with E-state index >= 15 is 0 Å². The van der Waals surface area contributed by atoms with Crippen LogP contribution in [0.2, 0.25) is 0 Å². The van der Waals surface area contributed by atoms with Gasteiger partial charge >= 0.3 is 6.09 Å². The van der Waals surface area contributed by atoms with E-state index in [2.05, 4.69) is 27.7 Å². The van der Waals surface area contributed by atoms with Gasteiger partial charge in [-0.25, -0.2) is 4.79 Å². The lowest BCUT2D eigenvalue weighted by atomic mass is 9.46. The first kappa shape index (κ1) is 23.6. The maximum Gasteiger partial charge on any atom is 0.409 e. The molecule has 0 radical (unpaired) electrons. The number of nitrogens with zero attached hydrogens (tertiary/aromatic N) is 1. The summed E-state index contributed by atoms with van der Waals surface area (Å²) in [5.74, 6) is 3.53. The zero-order valence-corrected chi connectivity index (χ0v) is 22.3. The topological polar surface area (TPSA) is 59.0 Å². The molecule has 34 heavy (non-hydrogen) atoms. The number of aliphatic hydroxyl groups is 1. The SMILES string of the molecule is C[C@@H]1CC(COC(=O)N(C)C)OC2CC3C4CCC5C(C)(C)C(O)CCC56CC46CCC3(C)C21. The molecule has 11 atom stereocenters. The fraction of sp³-hybridized carbons (Fsp3) is 0.966. The average molecular weight is 474 g/mol. The van der Waals surface area contributed by atoms with E-state index < -0.39 is 0 Å². The predicted octanol–water partition coefficient (Wildman–Crippen LogP) is 5.50. The van der Waals surface area contributed by atoms with Crippen LogP contribution in [0.5, 0.6) is 0 Å². The molecule has 0 aromatic carbocycles. The molecule has 0 bridgehead atoms. The third kappa shape index (κ3) is 2.89. The quantitative estimate of drug-likeness (QED) is 0.575. The molecule has 1 amide bonds. The van der Waals surface area contributed by atoms with Crippen LogP contribution in [0.15, 0.2) is 0 Å². The average Bonchev–Trinajstić information content (AvgIpc) is 3.34. The Kier molecular flexibility index (Phi) is 5.11. The molecule has 5 aliphatic carbocycles. The monoisotopic (exact) mass is 473 g/mol. The van der Waals surface area contributed by atoms with E-state index in [1.807, 2.05) is 0 Å². The predicted molar refractivity (Wildman–Crippen MR) is 131 cm³/mol. The maximum absolute atomic E-state index is 12.0. The summed E-state index contributed by atoms with van der Waals surface area (Å²) in [6.07, 6.45) is 11.2. The summed E-state index contributed by atoms with van der Waals surface area (Å²) < 4.78 is 12.2. The summed E-state index contributed by atoms with van der Waals surface area (Å²) in [5, 5.41) is 10.8. The fourth-order valence-electron chi connectivity index (χ4n) is 11.3. The van der Waals surface area contributed by atoms with E-state index in [1.54, 1.807) is 14.1 Å². The Bertz CT molecular complexity index is 857. The second-order valence-corrected chi connectivity index (χ2v) is 14.5. The van der Waals surface area contributed by atoms with Crippen LogP contribution in [0.25, 0.3) is 0 Å². The minimum atomic E-state index is -0.274. The lowest BCUT2D eigenvalue weighted by Crippen LogP contribution is -2.54. The molecule has 0 aromatic heterocycles. The summed E-state index contributed by atoms with van der Waals surface area (Å²) in [6, 6.07) is 0. The highest BCUT2D eigenvalue weighted by molar-refractivity contribution is 5.66. The first-order valence-electron chi connectivity index (χ1n) is 14.1. The van der Waals surface area contributed by atoms with Gasteiger partial charge in [0.2, 0.25) is 0 Å². The summed E-state index contributed by atoms with van der Waals surface area (Å²) in [5.41, 5.74) is 1.48. The zero-order valence-electron chi connectivity index (χ0n) is 22.3. The fourth-order valence-corrected chi connectivity index (χ4v) is 11.3. The molecule has 6 aliphatic rings. The van der Waals surface area contributed by atoms with Crippen molar-refractivity contribution >= 4 is 6.09 Å². The molecule has 6 fully saturated rings. The Morgan fingerprint density at radius 1 is 1.03 bits per heavy atom. The van der Waals surface area contributed by atoms with Crippen LogP contribution in [0.3, 0.4) is 0 Å². The molecule has 10 unspecified atom stereocenters. The minimum Gasteiger partial charge on any atom is -0.447 e. The van der Waals surface area contributed by atoms with Crippen molar-refractivity contribution < 1.29 is 19.4 Å². The molecule has 5 saturated carbocycles. The van der Waals surface area contributed by atoms with Gasteiger partial charge in [-0.1, -0.05) is 27.7 Å². The lowest BCUT2D eigenvalue weighted by Gasteiger charge is -2.59. The minimum absolute atomic E-state index is 0.0292. The first-order valence-corrected chi connectivity index (χ1v) is 14.1. The number of fused-ring (bicyclic) bond motifs is 4. The number of hydrogen-bond acceptors (Lipinski definition) is 4. The van der Waals surface area contributed by atoms with Crippen molar-refractivity contribution in [3.05, 3.63) is 0 Å². The molecule has 1 aliphatic heterocycles. The summed E-state index contributed by atoms with van der Waals surface area (Å²) in [6.45, 7) is 10.1. The molecule has 5 nitrogen and oxygen atoms in total. The van der Waals surface area contributed by atoms with E-state index in [-0.39, 0.29) is 23.7 Å². The number of hydrogen-bond donors (Lipinski definition) is 1. The van der Waals surface area contributed by atoms with Crippen molar-refractivity contribution in [1.29, 1.82) is 0 Å². The Morgan fingerprint density at radius 3 is 2.53 bits per heavy atom. The summed E-state index contributed by atoms with van der Waals surface area (Å²) >= 11 is 0. The summed E-state index contributed by atoms with van der Waals surface area (Å²) in [4.78, 5) is 13.5. The van der Waals surface area contributed by atoms with Crippen LogP contribution >= 0.6 is 0 Å². The Balaban J connectivity index is 1.22. The first-order chi connectivity index (χ1) is 16.0. The normalized spacial score (nSPS) is 54.6. The molecule has 1 heterocycles. The highest BCUT2D eigenvalue weighted by atomic mass is 16.6. The van der Waals surface area contributed by atoms with Gasteiger partial charge in [-0.2, -0.15) is 0 Å². The van der Waals surface area contributed by atoms with Gasteiger partial charge in [0.15, 0.2) is 0 Å². The number of aliphatic hydroxyl groups excluding tert-OH is 1. The molecule has 192 valence electrons. The van der Waals surface area contributed by atoms with Crippen molar-refractivity contribution in [2.24, 2.45) is 51.2 Å². The van der Waals surface area contributed by atoms with Crippen molar-refractivity contribution in [1.82, 2.24) is 4.90 Å². The largest absolute Gasteiger partial charge is 0.447 e. The zero-order chi connectivity index (χ0) is 24.3. The van der Waals surface area contributed by atoms with Crippen molar-refractivity contribution in [2.45, 2.75) is 104 Å². The molecule has 2 spiro atoms. The van der Waals surface area contributed by atoms with Crippen LogP contribution in [0, 0.1) is 51.2 Å². The van der Waals surface area contributed by atoms with Gasteiger partial charge in [0.25, 0.3) is 0 Å². The van der Waals surface area contributed by atoms with E-state index in [4.69, 9.17) is 9.47 Å². The molecular formula is C29H47NO4. The third-order valence-corrected chi connectivity index (χ3v) is 12.7. The van der Waals surface area contributed by atoms with Crippen molar-refractivity contribution in [3.8, 4) is 0 Å². The highest BCUT2D eigenvalue weighted by Crippen LogP contribution is 2.87. The van der Waals surface area contributed by atoms with Gasteiger partial charge in [0.1, 0.15) is 6.61 Å². The Hall–Kier alpha value is -0.810. The molecule has 5 heteroatoms. The number of carbonyl (C=O) groups excluding carboxylic acids is 1. The highest BCUT2D eigenvalue weighted by Gasteiger charge is 2.80. The van der Waals surface area contributed by atoms with E-state index in [9.17, 15) is 9.90 Å². The Morgan fingerprint density at radius 2 is 1.79 bits per heavy atom. The van der Waals surface area contributed by atoms with Gasteiger partial charge in [0.05, 0.1) is 18.3 Å². The maximum atomic E-state index is 12.0. The van der Waals surface area contributed by atoms with Gasteiger partial charge in [-0.05, 0) is 109 Å². The second-order valence-electron chi connectivity index (χ2n) is 14.5. The van der Waals surface area contributed by atoms with E-state index in [0.29, 0.717) is 46.7 Å². The van der Waals surface area contributed by atoms with Gasteiger partial charge in [-0.3, -0.25) is 0 Å². The lowest BCUT2D eigenvalue weighted by molar-refractivity contribution is -0.146. The van der Waals surface area contributed by atoms with Crippen molar-refractivity contribution in [3.63, 3.8) is 0 Å². The smallest absolute Gasteiger partial charge is 0.409 e. The number of rotatable bonds is 2. The van der Waals surface area contributed by atoms with Crippen molar-refractivity contribution in [2.75, 3.05) is 20.7 Å². The van der Waals surface area contributed by atoms with Gasteiger partial charge in [-0.15, -0.1) is 0 Å². The standard InChI is InChI=1S/C29H47NO4/c1-17-13-18(15-33-25(32)30(5)6)34-21-14-20-19-7-8-22-26(2,3)23(31)9-10-29(22)16-28(19,29)12-11-27(20,4)24(17)21/h17-24,31H,7-16H2,1-6H3/t17-,18?,19?,20?,21?,22?,23?,24?,27?,28?,29?/m1/s1. The summed E-state index contributed by atoms with van der Waals surface area (Å²) in [7, 11) is 3.46. The van der Waals surface area contributed by atoms with Crippen LogP contribution < -0.4 is 0 Å². The molecule has 1 saturated heterocycles. The molecular weight excluding hydrogens is 426 g/mol. The number of carbonyl (C=O) groups is 1. The van der Waals surface area contributed by atoms with Crippen LogP contribution in [0.1, 0.15) is 85.5 Å². The van der Waals surface area contributed by atoms with Crippen LogP contribution in [0.4, 0.5) is 4.79 Å². The molecule has 6 rings (SSSR count). The Labute approximate surface area is 206 Å². The third-order valence-electron chi connectivity index (χ3n) is 12.7. The van der Waals surface area contributed by atoms with Gasteiger partial charge in [0, 0.05) is 14.1 Å². The van der Waals surface area contributed by atoms with Crippen LogP contribution in [-0.2, 0) is 9.47 Å². The molecule has 1 N–H and O–H groups in total. The number of ether oxygens (including phenoxy) is 2. The molecule has 0 aromatic rings. The van der Waals surface area contributed by atoms with Gasteiger partial charge < -0.3 is 19.5 Å². The number of amides is 1. The van der Waals surface area contributed by atoms with E-state index in [0.717, 1.165) is 24.7 Å².